The number of rotatable bonds is 8. The average Bonchev–Trinajstić information content (AvgIpc) is 3.31. The number of aromatic nitrogens is 3. The van der Waals surface area contributed by atoms with Gasteiger partial charge in [-0.1, -0.05) is 17.2 Å². The number of aliphatic hydroxyl groups is 1. The number of halogens is 5. The van der Waals surface area contributed by atoms with Crippen molar-refractivity contribution in [1.29, 1.82) is 0 Å². The first-order valence-electron chi connectivity index (χ1n) is 11.5. The first-order valence-corrected chi connectivity index (χ1v) is 11.5. The maximum atomic E-state index is 14.9. The molecule has 1 unspecified atom stereocenters. The fraction of sp³-hybridized carbons (Fsp3) is 0.375. The van der Waals surface area contributed by atoms with Gasteiger partial charge in [0, 0.05) is 11.6 Å². The summed E-state index contributed by atoms with van der Waals surface area (Å²) in [6.07, 6.45) is -0.101. The number of piperidine rings is 1. The third kappa shape index (κ3) is 6.60. The van der Waals surface area contributed by atoms with Crippen LogP contribution < -0.4 is 9.84 Å². The van der Waals surface area contributed by atoms with Crippen LogP contribution in [0.5, 0.6) is 5.75 Å². The molecule has 2 heterocycles. The molecule has 0 saturated carbocycles. The van der Waals surface area contributed by atoms with Gasteiger partial charge in [0.05, 0.1) is 12.4 Å². The van der Waals surface area contributed by atoms with E-state index in [1.54, 1.807) is 0 Å². The third-order valence-corrected chi connectivity index (χ3v) is 6.17. The lowest BCUT2D eigenvalue weighted by Gasteiger charge is -2.42. The highest BCUT2D eigenvalue weighted by molar-refractivity contribution is 5.90. The summed E-state index contributed by atoms with van der Waals surface area (Å²) in [7, 11) is 0. The summed E-state index contributed by atoms with van der Waals surface area (Å²) in [4.78, 5) is 3.84. The molecule has 8 nitrogen and oxygen atoms in total. The molecule has 1 N–H and O–H groups in total. The van der Waals surface area contributed by atoms with Crippen LogP contribution >= 0.6 is 0 Å². The molecule has 1 aliphatic heterocycles. The SMILES string of the molecule is [O-]/C(=N\[N+]1(CC(O)(Cn2cncn2)c2ccc(F)cc2F)CCCCC1)c1ccc(OC(F)(F)F)cc1. The minimum absolute atomic E-state index is 0.0189. The van der Waals surface area contributed by atoms with Crippen molar-refractivity contribution in [1.82, 2.24) is 14.8 Å². The zero-order valence-corrected chi connectivity index (χ0v) is 19.5. The van der Waals surface area contributed by atoms with Crippen molar-refractivity contribution in [2.24, 2.45) is 5.10 Å². The van der Waals surface area contributed by atoms with Crippen LogP contribution in [-0.4, -0.2) is 56.4 Å². The van der Waals surface area contributed by atoms with Crippen LogP contribution in [0.1, 0.15) is 30.4 Å². The quantitative estimate of drug-likeness (QED) is 0.211. The summed E-state index contributed by atoms with van der Waals surface area (Å²) >= 11 is 0. The highest BCUT2D eigenvalue weighted by Gasteiger charge is 2.45. The highest BCUT2D eigenvalue weighted by Crippen LogP contribution is 2.33. The number of ether oxygens (including phenoxy) is 1. The van der Waals surface area contributed by atoms with Crippen molar-refractivity contribution in [2.45, 2.75) is 37.8 Å². The maximum absolute atomic E-state index is 14.9. The summed E-state index contributed by atoms with van der Waals surface area (Å²) in [6.45, 7) is 0.214. The maximum Gasteiger partial charge on any atom is 0.573 e. The van der Waals surface area contributed by atoms with Gasteiger partial charge in [-0.2, -0.15) is 9.69 Å². The number of likely N-dealkylation sites (tertiary alicyclic amines) is 1. The van der Waals surface area contributed by atoms with Crippen LogP contribution in [-0.2, 0) is 12.1 Å². The molecule has 0 spiro atoms. The van der Waals surface area contributed by atoms with Crippen LogP contribution in [0.3, 0.4) is 0 Å². The molecule has 1 saturated heterocycles. The van der Waals surface area contributed by atoms with E-state index in [1.165, 1.54) is 17.3 Å². The largest absolute Gasteiger partial charge is 0.855 e. The number of benzene rings is 2. The number of alkyl halides is 3. The molecule has 2 aromatic carbocycles. The molecular weight excluding hydrogens is 501 g/mol. The van der Waals surface area contributed by atoms with E-state index in [0.717, 1.165) is 42.8 Å². The standard InChI is InChI=1S/C24H24F5N5O3/c25-18-6-9-20(21(26)12-18)23(36,13-33-16-30-15-31-33)14-34(10-2-1-3-11-34)32-22(35)17-4-7-19(8-5-17)37-24(27,28)29/h4-9,12,15-16,36H,1-3,10-11,13-14H2. The summed E-state index contributed by atoms with van der Waals surface area (Å²) in [5, 5.41) is 33.2. The van der Waals surface area contributed by atoms with Crippen LogP contribution in [0.4, 0.5) is 22.0 Å². The van der Waals surface area contributed by atoms with E-state index in [4.69, 9.17) is 0 Å². The predicted molar refractivity (Wildman–Crippen MR) is 119 cm³/mol. The Bertz CT molecular complexity index is 1230. The van der Waals surface area contributed by atoms with Gasteiger partial charge in [0.1, 0.15) is 49.7 Å². The smallest absolute Gasteiger partial charge is 0.573 e. The molecule has 3 aromatic rings. The second kappa shape index (κ2) is 10.4. The van der Waals surface area contributed by atoms with E-state index in [9.17, 15) is 32.2 Å². The first-order chi connectivity index (χ1) is 17.5. The Morgan fingerprint density at radius 3 is 2.38 bits per heavy atom. The number of hydrogen-bond donors (Lipinski definition) is 1. The van der Waals surface area contributed by atoms with Gasteiger partial charge in [-0.15, -0.1) is 13.2 Å². The van der Waals surface area contributed by atoms with Gasteiger partial charge in [0.25, 0.3) is 0 Å². The Balaban J connectivity index is 1.70. The number of nitrogens with zero attached hydrogens (tertiary/aromatic N) is 5. The molecule has 0 amide bonds. The normalized spacial score (nSPS) is 17.8. The Labute approximate surface area is 208 Å². The van der Waals surface area contributed by atoms with Crippen molar-refractivity contribution < 1.29 is 41.5 Å². The van der Waals surface area contributed by atoms with Crippen molar-refractivity contribution >= 4 is 5.90 Å². The van der Waals surface area contributed by atoms with Gasteiger partial charge < -0.3 is 14.9 Å². The van der Waals surface area contributed by atoms with Gasteiger partial charge >= 0.3 is 6.36 Å². The molecule has 0 bridgehead atoms. The average molecular weight is 525 g/mol. The summed E-state index contributed by atoms with van der Waals surface area (Å²) in [6, 6.07) is 7.16. The molecule has 37 heavy (non-hydrogen) atoms. The second-order valence-electron chi connectivity index (χ2n) is 8.99. The Kier molecular flexibility index (Phi) is 7.46. The van der Waals surface area contributed by atoms with Crippen molar-refractivity contribution in [3.63, 3.8) is 0 Å². The molecule has 1 atom stereocenters. The first kappa shape index (κ1) is 26.5. The molecule has 1 fully saturated rings. The monoisotopic (exact) mass is 525 g/mol. The predicted octanol–water partition coefficient (Wildman–Crippen LogP) is 3.07. The summed E-state index contributed by atoms with van der Waals surface area (Å²) in [5.41, 5.74) is -2.13. The fourth-order valence-corrected chi connectivity index (χ4v) is 4.60. The zero-order chi connectivity index (χ0) is 26.7. The lowest BCUT2D eigenvalue weighted by molar-refractivity contribution is -0.946. The fourth-order valence-electron chi connectivity index (χ4n) is 4.60. The van der Waals surface area contributed by atoms with E-state index in [2.05, 4.69) is 19.9 Å². The second-order valence-corrected chi connectivity index (χ2v) is 8.99. The lowest BCUT2D eigenvalue weighted by atomic mass is 9.91. The van der Waals surface area contributed by atoms with Crippen molar-refractivity contribution in [3.8, 4) is 5.75 Å². The van der Waals surface area contributed by atoms with Gasteiger partial charge in [0.15, 0.2) is 5.60 Å². The van der Waals surface area contributed by atoms with Crippen LogP contribution in [0.15, 0.2) is 60.2 Å². The van der Waals surface area contributed by atoms with Crippen LogP contribution in [0, 0.1) is 11.6 Å². The van der Waals surface area contributed by atoms with Gasteiger partial charge in [-0.3, -0.25) is 0 Å². The van der Waals surface area contributed by atoms with Crippen molar-refractivity contribution in [2.75, 3.05) is 19.6 Å². The molecule has 0 radical (unpaired) electrons. The highest BCUT2D eigenvalue weighted by atomic mass is 19.4. The Hall–Kier alpha value is -3.58. The van der Waals surface area contributed by atoms with E-state index >= 15 is 0 Å². The minimum atomic E-state index is -4.87. The Morgan fingerprint density at radius 1 is 1.08 bits per heavy atom. The molecule has 4 rings (SSSR count). The van der Waals surface area contributed by atoms with E-state index in [0.29, 0.717) is 32.0 Å². The Morgan fingerprint density at radius 2 is 1.78 bits per heavy atom. The van der Waals surface area contributed by atoms with E-state index in [1.807, 2.05) is 0 Å². The van der Waals surface area contributed by atoms with Crippen molar-refractivity contribution in [3.05, 3.63) is 77.9 Å². The number of hydrogen-bond acceptors (Lipinski definition) is 6. The van der Waals surface area contributed by atoms with E-state index < -0.39 is 35.2 Å². The molecule has 0 aliphatic carbocycles. The molecule has 13 heteroatoms. The lowest BCUT2D eigenvalue weighted by Crippen LogP contribution is -2.57. The third-order valence-electron chi connectivity index (χ3n) is 6.17. The summed E-state index contributed by atoms with van der Waals surface area (Å²) < 4.78 is 70.8. The van der Waals surface area contributed by atoms with Gasteiger partial charge in [-0.05, 0) is 49.1 Å². The molecule has 198 valence electrons. The number of quaternary nitrogens is 1. The molecule has 1 aliphatic rings. The van der Waals surface area contributed by atoms with E-state index in [-0.39, 0.29) is 28.8 Å². The zero-order valence-electron chi connectivity index (χ0n) is 19.5. The summed E-state index contributed by atoms with van der Waals surface area (Å²) in [5.74, 6) is -2.99. The molecule has 1 aromatic heterocycles. The van der Waals surface area contributed by atoms with Gasteiger partial charge in [0.2, 0.25) is 0 Å². The molecular formula is C24H24F5N5O3. The topological polar surface area (TPSA) is 95.6 Å². The van der Waals surface area contributed by atoms with Crippen LogP contribution in [0.25, 0.3) is 0 Å². The van der Waals surface area contributed by atoms with Gasteiger partial charge in [-0.25, -0.2) is 18.4 Å². The minimum Gasteiger partial charge on any atom is -0.855 e. The van der Waals surface area contributed by atoms with Crippen LogP contribution in [0.2, 0.25) is 0 Å².